The van der Waals surface area contributed by atoms with Crippen LogP contribution in [0, 0.1) is 0 Å². The number of hydrogen-bond acceptors (Lipinski definition) is 2. The molecule has 0 heterocycles. The Morgan fingerprint density at radius 3 is 2.39 bits per heavy atom. The second kappa shape index (κ2) is 6.91. The fourth-order valence-electron chi connectivity index (χ4n) is 2.34. The van der Waals surface area contributed by atoms with Crippen molar-refractivity contribution in [2.75, 3.05) is 19.6 Å². The van der Waals surface area contributed by atoms with Gasteiger partial charge in [-0.25, -0.2) is 0 Å². The van der Waals surface area contributed by atoms with Crippen LogP contribution in [0.2, 0.25) is 0 Å². The highest BCUT2D eigenvalue weighted by Crippen LogP contribution is 2.19. The first-order valence-corrected chi connectivity index (χ1v) is 7.36. The van der Waals surface area contributed by atoms with Gasteiger partial charge in [-0.05, 0) is 50.0 Å². The molecule has 1 aromatic rings. The van der Waals surface area contributed by atoms with E-state index in [1.54, 1.807) is 0 Å². The van der Waals surface area contributed by atoms with Gasteiger partial charge in [-0.15, -0.1) is 0 Å². The summed E-state index contributed by atoms with van der Waals surface area (Å²) in [6.45, 7) is 8.95. The van der Waals surface area contributed by atoms with E-state index >= 15 is 0 Å². The first-order chi connectivity index (χ1) is 8.83. The molecule has 0 saturated heterocycles. The molecular formula is C16H26N2. The van der Waals surface area contributed by atoms with E-state index in [4.69, 9.17) is 0 Å². The molecule has 0 bridgehead atoms. The van der Waals surface area contributed by atoms with Gasteiger partial charge in [-0.3, -0.25) is 4.90 Å². The fourth-order valence-corrected chi connectivity index (χ4v) is 2.34. The second-order valence-electron chi connectivity index (χ2n) is 5.21. The van der Waals surface area contributed by atoms with Gasteiger partial charge in [-0.2, -0.15) is 0 Å². The van der Waals surface area contributed by atoms with Crippen molar-refractivity contribution < 1.29 is 0 Å². The summed E-state index contributed by atoms with van der Waals surface area (Å²) in [7, 11) is 0. The van der Waals surface area contributed by atoms with Crippen LogP contribution in [0.1, 0.15) is 37.8 Å². The Morgan fingerprint density at radius 2 is 1.78 bits per heavy atom. The highest BCUT2D eigenvalue weighted by atomic mass is 15.1. The molecule has 100 valence electrons. The third-order valence-electron chi connectivity index (χ3n) is 3.81. The summed E-state index contributed by atoms with van der Waals surface area (Å²) in [5.41, 5.74) is 3.01. The molecule has 0 aliphatic heterocycles. The average molecular weight is 246 g/mol. The molecule has 1 N–H and O–H groups in total. The van der Waals surface area contributed by atoms with Gasteiger partial charge >= 0.3 is 0 Å². The highest BCUT2D eigenvalue weighted by molar-refractivity contribution is 5.27. The van der Waals surface area contributed by atoms with Gasteiger partial charge in [0.1, 0.15) is 0 Å². The van der Waals surface area contributed by atoms with Crippen LogP contribution < -0.4 is 5.32 Å². The summed E-state index contributed by atoms with van der Waals surface area (Å²) in [6.07, 6.45) is 3.91. The van der Waals surface area contributed by atoms with Crippen molar-refractivity contribution in [3.8, 4) is 0 Å². The van der Waals surface area contributed by atoms with Crippen molar-refractivity contribution in [1.82, 2.24) is 10.2 Å². The molecular weight excluding hydrogens is 220 g/mol. The van der Waals surface area contributed by atoms with Crippen molar-refractivity contribution in [3.63, 3.8) is 0 Å². The summed E-state index contributed by atoms with van der Waals surface area (Å²) in [5.74, 6) is 0. The smallest absolute Gasteiger partial charge is 0.0236 e. The summed E-state index contributed by atoms with van der Waals surface area (Å²) in [4.78, 5) is 2.48. The largest absolute Gasteiger partial charge is 0.314 e. The molecule has 1 saturated carbocycles. The average Bonchev–Trinajstić information content (AvgIpc) is 3.21. The molecule has 1 aromatic carbocycles. The first kappa shape index (κ1) is 13.6. The fraction of sp³-hybridized carbons (Fsp3) is 0.625. The Kier molecular flexibility index (Phi) is 5.21. The number of nitrogens with zero attached hydrogens (tertiary/aromatic N) is 1. The van der Waals surface area contributed by atoms with Crippen molar-refractivity contribution in [2.24, 2.45) is 0 Å². The third-order valence-corrected chi connectivity index (χ3v) is 3.81. The molecule has 0 aromatic heterocycles. The topological polar surface area (TPSA) is 15.3 Å². The van der Waals surface area contributed by atoms with E-state index in [0.29, 0.717) is 0 Å². The van der Waals surface area contributed by atoms with Gasteiger partial charge in [0.2, 0.25) is 0 Å². The van der Waals surface area contributed by atoms with Crippen LogP contribution >= 0.6 is 0 Å². The summed E-state index contributed by atoms with van der Waals surface area (Å²) in [6, 6.07) is 9.72. The maximum absolute atomic E-state index is 3.60. The minimum Gasteiger partial charge on any atom is -0.314 e. The van der Waals surface area contributed by atoms with Crippen molar-refractivity contribution in [2.45, 2.75) is 45.7 Å². The van der Waals surface area contributed by atoms with E-state index in [2.05, 4.69) is 48.3 Å². The van der Waals surface area contributed by atoms with Crippen LogP contribution in [-0.4, -0.2) is 30.6 Å². The van der Waals surface area contributed by atoms with Crippen molar-refractivity contribution >= 4 is 0 Å². The molecule has 0 radical (unpaired) electrons. The Morgan fingerprint density at radius 1 is 1.11 bits per heavy atom. The number of nitrogens with one attached hydrogen (secondary N) is 1. The maximum atomic E-state index is 3.60. The van der Waals surface area contributed by atoms with Crippen molar-refractivity contribution in [3.05, 3.63) is 35.4 Å². The zero-order valence-corrected chi connectivity index (χ0v) is 11.8. The predicted molar refractivity (Wildman–Crippen MR) is 77.8 cm³/mol. The van der Waals surface area contributed by atoms with E-state index in [9.17, 15) is 0 Å². The van der Waals surface area contributed by atoms with Gasteiger partial charge in [0.25, 0.3) is 0 Å². The van der Waals surface area contributed by atoms with Crippen LogP contribution in [0.3, 0.4) is 0 Å². The molecule has 0 atom stereocenters. The SMILES string of the molecule is CCN(CC)Cc1ccccc1CCNC1CC1. The maximum Gasteiger partial charge on any atom is 0.0236 e. The molecule has 0 spiro atoms. The van der Waals surface area contributed by atoms with Crippen LogP contribution in [0.25, 0.3) is 0 Å². The van der Waals surface area contributed by atoms with Crippen LogP contribution in [0.15, 0.2) is 24.3 Å². The number of benzene rings is 1. The van der Waals surface area contributed by atoms with E-state index in [0.717, 1.165) is 38.6 Å². The quantitative estimate of drug-likeness (QED) is 0.759. The minimum atomic E-state index is 0.819. The third kappa shape index (κ3) is 4.11. The zero-order chi connectivity index (χ0) is 12.8. The molecule has 18 heavy (non-hydrogen) atoms. The normalized spacial score (nSPS) is 15.3. The summed E-state index contributed by atoms with van der Waals surface area (Å²) >= 11 is 0. The monoisotopic (exact) mass is 246 g/mol. The van der Waals surface area contributed by atoms with E-state index in [-0.39, 0.29) is 0 Å². The Balaban J connectivity index is 1.90. The predicted octanol–water partition coefficient (Wildman–Crippen LogP) is 2.82. The van der Waals surface area contributed by atoms with Gasteiger partial charge in [0.15, 0.2) is 0 Å². The van der Waals surface area contributed by atoms with Gasteiger partial charge in [0, 0.05) is 12.6 Å². The molecule has 0 amide bonds. The van der Waals surface area contributed by atoms with Gasteiger partial charge < -0.3 is 5.32 Å². The Labute approximate surface area is 111 Å². The molecule has 2 nitrogen and oxygen atoms in total. The second-order valence-corrected chi connectivity index (χ2v) is 5.21. The standard InChI is InChI=1S/C16H26N2/c1-3-18(4-2)13-15-8-6-5-7-14(15)11-12-17-16-9-10-16/h5-8,16-17H,3-4,9-13H2,1-2H3. The molecule has 1 aliphatic carbocycles. The molecule has 1 aliphatic rings. The van der Waals surface area contributed by atoms with Gasteiger partial charge in [-0.1, -0.05) is 38.1 Å². The first-order valence-electron chi connectivity index (χ1n) is 7.36. The molecule has 1 fully saturated rings. The van der Waals surface area contributed by atoms with E-state index in [1.807, 2.05) is 0 Å². The van der Waals surface area contributed by atoms with Crippen LogP contribution in [-0.2, 0) is 13.0 Å². The van der Waals surface area contributed by atoms with Crippen LogP contribution in [0.5, 0.6) is 0 Å². The number of rotatable bonds is 8. The lowest BCUT2D eigenvalue weighted by Gasteiger charge is -2.20. The molecule has 2 heteroatoms. The van der Waals surface area contributed by atoms with Crippen molar-refractivity contribution in [1.29, 1.82) is 0 Å². The highest BCUT2D eigenvalue weighted by Gasteiger charge is 2.19. The van der Waals surface area contributed by atoms with E-state index < -0.39 is 0 Å². The minimum absolute atomic E-state index is 0.819. The lowest BCUT2D eigenvalue weighted by molar-refractivity contribution is 0.295. The van der Waals surface area contributed by atoms with Gasteiger partial charge in [0.05, 0.1) is 0 Å². The lowest BCUT2D eigenvalue weighted by Crippen LogP contribution is -2.24. The van der Waals surface area contributed by atoms with Crippen LogP contribution in [0.4, 0.5) is 0 Å². The summed E-state index contributed by atoms with van der Waals surface area (Å²) in [5, 5.41) is 3.60. The van der Waals surface area contributed by atoms with E-state index in [1.165, 1.54) is 24.0 Å². The lowest BCUT2D eigenvalue weighted by atomic mass is 10.0. The Bertz CT molecular complexity index is 354. The molecule has 0 unspecified atom stereocenters. The number of hydrogen-bond donors (Lipinski definition) is 1. The summed E-state index contributed by atoms with van der Waals surface area (Å²) < 4.78 is 0. The Hall–Kier alpha value is -0.860. The molecule has 2 rings (SSSR count). The zero-order valence-electron chi connectivity index (χ0n) is 11.8.